The summed E-state index contributed by atoms with van der Waals surface area (Å²) >= 11 is 0. The van der Waals surface area contributed by atoms with Gasteiger partial charge < -0.3 is 15.1 Å². The fourth-order valence-electron chi connectivity index (χ4n) is 3.28. The largest absolute Gasteiger partial charge is 0.352 e. The van der Waals surface area contributed by atoms with Crippen molar-refractivity contribution in [2.75, 3.05) is 45.8 Å². The molecule has 1 aliphatic rings. The Hall–Kier alpha value is -2.18. The molecule has 3 rings (SSSR count). The van der Waals surface area contributed by atoms with E-state index >= 15 is 0 Å². The summed E-state index contributed by atoms with van der Waals surface area (Å²) in [5, 5.41) is 7.21. The normalized spacial score (nSPS) is 15.9. The highest BCUT2D eigenvalue weighted by atomic mass is 16.1. The van der Waals surface area contributed by atoms with Crippen LogP contribution in [0.3, 0.4) is 0 Å². The van der Waals surface area contributed by atoms with Crippen molar-refractivity contribution in [3.8, 4) is 5.69 Å². The number of hydrogen-bond donors (Lipinski definition) is 1. The summed E-state index contributed by atoms with van der Waals surface area (Å²) in [7, 11) is 0. The first-order valence-electron chi connectivity index (χ1n) is 9.59. The van der Waals surface area contributed by atoms with Crippen LogP contribution in [0.5, 0.6) is 0 Å². The molecule has 26 heavy (non-hydrogen) atoms. The van der Waals surface area contributed by atoms with E-state index in [4.69, 9.17) is 0 Å². The highest BCUT2D eigenvalue weighted by molar-refractivity contribution is 5.94. The average Bonchev–Trinajstić information content (AvgIpc) is 3.23. The fourth-order valence-corrected chi connectivity index (χ4v) is 3.28. The van der Waals surface area contributed by atoms with Crippen LogP contribution in [0.15, 0.2) is 42.7 Å². The molecule has 2 heterocycles. The first-order chi connectivity index (χ1) is 12.8. The Balaban J connectivity index is 1.33. The molecule has 1 aliphatic heterocycles. The topological polar surface area (TPSA) is 53.4 Å². The minimum atomic E-state index is -0.00595. The van der Waals surface area contributed by atoms with Crippen molar-refractivity contribution in [2.45, 2.75) is 19.8 Å². The first kappa shape index (κ1) is 18.6. The molecule has 1 amide bonds. The van der Waals surface area contributed by atoms with Gasteiger partial charge in [-0.1, -0.05) is 6.92 Å². The SMILES string of the molecule is CCN1CCN(CCCCNC(=O)c2ccc(-n3cccn3)cc2)CC1. The summed E-state index contributed by atoms with van der Waals surface area (Å²) in [4.78, 5) is 17.3. The number of amides is 1. The lowest BCUT2D eigenvalue weighted by molar-refractivity contribution is 0.0951. The predicted molar refractivity (Wildman–Crippen MR) is 104 cm³/mol. The van der Waals surface area contributed by atoms with Gasteiger partial charge in [0.2, 0.25) is 0 Å². The second-order valence-electron chi connectivity index (χ2n) is 6.74. The van der Waals surface area contributed by atoms with E-state index < -0.39 is 0 Å². The number of unbranched alkanes of at least 4 members (excludes halogenated alkanes) is 1. The molecule has 0 unspecified atom stereocenters. The maximum atomic E-state index is 12.2. The van der Waals surface area contributed by atoms with Gasteiger partial charge in [0.15, 0.2) is 0 Å². The van der Waals surface area contributed by atoms with Crippen LogP contribution < -0.4 is 5.32 Å². The molecule has 0 bridgehead atoms. The van der Waals surface area contributed by atoms with Gasteiger partial charge in [-0.15, -0.1) is 0 Å². The van der Waals surface area contributed by atoms with Crippen LogP contribution in [-0.4, -0.2) is 71.3 Å². The van der Waals surface area contributed by atoms with Gasteiger partial charge in [0.25, 0.3) is 5.91 Å². The van der Waals surface area contributed by atoms with Gasteiger partial charge in [-0.3, -0.25) is 4.79 Å². The Labute approximate surface area is 155 Å². The van der Waals surface area contributed by atoms with E-state index in [0.29, 0.717) is 5.56 Å². The Morgan fingerprint density at radius 2 is 1.81 bits per heavy atom. The summed E-state index contributed by atoms with van der Waals surface area (Å²) in [5.74, 6) is -0.00595. The van der Waals surface area contributed by atoms with E-state index in [2.05, 4.69) is 27.1 Å². The lowest BCUT2D eigenvalue weighted by Gasteiger charge is -2.33. The minimum Gasteiger partial charge on any atom is -0.352 e. The molecule has 140 valence electrons. The van der Waals surface area contributed by atoms with E-state index in [-0.39, 0.29) is 5.91 Å². The number of benzene rings is 1. The van der Waals surface area contributed by atoms with Gasteiger partial charge >= 0.3 is 0 Å². The molecule has 0 saturated carbocycles. The maximum absolute atomic E-state index is 12.2. The van der Waals surface area contributed by atoms with Gasteiger partial charge in [-0.25, -0.2) is 4.68 Å². The zero-order valence-corrected chi connectivity index (χ0v) is 15.6. The Morgan fingerprint density at radius 1 is 1.08 bits per heavy atom. The molecule has 1 N–H and O–H groups in total. The third kappa shape index (κ3) is 5.16. The highest BCUT2D eigenvalue weighted by Gasteiger charge is 2.14. The van der Waals surface area contributed by atoms with Crippen LogP contribution in [0.25, 0.3) is 5.69 Å². The van der Waals surface area contributed by atoms with Crippen LogP contribution >= 0.6 is 0 Å². The fraction of sp³-hybridized carbons (Fsp3) is 0.500. The quantitative estimate of drug-likeness (QED) is 0.736. The van der Waals surface area contributed by atoms with Crippen LogP contribution in [0.1, 0.15) is 30.1 Å². The number of carbonyl (C=O) groups is 1. The van der Waals surface area contributed by atoms with Crippen molar-refractivity contribution in [3.63, 3.8) is 0 Å². The predicted octanol–water partition coefficient (Wildman–Crippen LogP) is 2.02. The summed E-state index contributed by atoms with van der Waals surface area (Å²) in [5.41, 5.74) is 1.64. The van der Waals surface area contributed by atoms with E-state index in [0.717, 1.165) is 38.2 Å². The zero-order valence-electron chi connectivity index (χ0n) is 15.6. The van der Waals surface area contributed by atoms with Gasteiger partial charge in [-0.05, 0) is 56.3 Å². The standard InChI is InChI=1S/C20H29N5O/c1-2-23-14-16-24(17-15-23)12-4-3-10-21-20(26)18-6-8-19(9-7-18)25-13-5-11-22-25/h5-9,11,13H,2-4,10,12,14-17H2,1H3,(H,21,26). The van der Waals surface area contributed by atoms with Crippen molar-refractivity contribution in [3.05, 3.63) is 48.3 Å². The lowest BCUT2D eigenvalue weighted by Crippen LogP contribution is -2.46. The molecule has 2 aromatic rings. The highest BCUT2D eigenvalue weighted by Crippen LogP contribution is 2.09. The van der Waals surface area contributed by atoms with E-state index in [9.17, 15) is 4.79 Å². The molecular weight excluding hydrogens is 326 g/mol. The number of rotatable bonds is 8. The number of hydrogen-bond acceptors (Lipinski definition) is 4. The summed E-state index contributed by atoms with van der Waals surface area (Å²) in [6.45, 7) is 9.95. The number of piperazine rings is 1. The number of aromatic nitrogens is 2. The molecular formula is C20H29N5O. The minimum absolute atomic E-state index is 0.00595. The number of carbonyl (C=O) groups excluding carboxylic acids is 1. The van der Waals surface area contributed by atoms with E-state index in [1.54, 1.807) is 10.9 Å². The van der Waals surface area contributed by atoms with Crippen molar-refractivity contribution in [1.82, 2.24) is 24.9 Å². The van der Waals surface area contributed by atoms with Crippen molar-refractivity contribution < 1.29 is 4.79 Å². The summed E-state index contributed by atoms with van der Waals surface area (Å²) < 4.78 is 1.78. The van der Waals surface area contributed by atoms with Crippen LogP contribution in [0.2, 0.25) is 0 Å². The molecule has 1 saturated heterocycles. The lowest BCUT2D eigenvalue weighted by atomic mass is 10.2. The maximum Gasteiger partial charge on any atom is 0.251 e. The first-order valence-corrected chi connectivity index (χ1v) is 9.59. The third-order valence-electron chi connectivity index (χ3n) is 5.00. The van der Waals surface area contributed by atoms with Crippen LogP contribution in [-0.2, 0) is 0 Å². The molecule has 0 atom stereocenters. The molecule has 6 heteroatoms. The molecule has 6 nitrogen and oxygen atoms in total. The van der Waals surface area contributed by atoms with Gasteiger partial charge in [0.1, 0.15) is 0 Å². The number of nitrogens with zero attached hydrogens (tertiary/aromatic N) is 4. The van der Waals surface area contributed by atoms with Crippen LogP contribution in [0, 0.1) is 0 Å². The second-order valence-corrected chi connectivity index (χ2v) is 6.74. The molecule has 0 aliphatic carbocycles. The average molecular weight is 355 g/mol. The zero-order chi connectivity index (χ0) is 18.2. The van der Waals surface area contributed by atoms with Gasteiger partial charge in [0, 0.05) is 50.7 Å². The third-order valence-corrected chi connectivity index (χ3v) is 5.00. The van der Waals surface area contributed by atoms with E-state index in [1.807, 2.05) is 36.5 Å². The molecule has 1 fully saturated rings. The second kappa shape index (κ2) is 9.50. The Kier molecular flexibility index (Phi) is 6.80. The Morgan fingerprint density at radius 3 is 2.46 bits per heavy atom. The van der Waals surface area contributed by atoms with Crippen molar-refractivity contribution in [2.24, 2.45) is 0 Å². The molecule has 0 radical (unpaired) electrons. The smallest absolute Gasteiger partial charge is 0.251 e. The molecule has 1 aromatic heterocycles. The monoisotopic (exact) mass is 355 g/mol. The van der Waals surface area contributed by atoms with Crippen molar-refractivity contribution >= 4 is 5.91 Å². The summed E-state index contributed by atoms with van der Waals surface area (Å²) in [6, 6.07) is 9.40. The van der Waals surface area contributed by atoms with Gasteiger partial charge in [0.05, 0.1) is 5.69 Å². The Bertz CT molecular complexity index is 660. The molecule has 0 spiro atoms. The number of nitrogens with one attached hydrogen (secondary N) is 1. The molecule has 1 aromatic carbocycles. The van der Waals surface area contributed by atoms with E-state index in [1.165, 1.54) is 26.2 Å². The van der Waals surface area contributed by atoms with Crippen molar-refractivity contribution in [1.29, 1.82) is 0 Å². The van der Waals surface area contributed by atoms with Crippen LogP contribution in [0.4, 0.5) is 0 Å². The number of likely N-dealkylation sites (N-methyl/N-ethyl adjacent to an activating group) is 1. The van der Waals surface area contributed by atoms with Gasteiger partial charge in [-0.2, -0.15) is 5.10 Å². The summed E-state index contributed by atoms with van der Waals surface area (Å²) in [6.07, 6.45) is 5.78.